The zero-order chi connectivity index (χ0) is 16.4. The third-order valence-electron chi connectivity index (χ3n) is 4.05. The molecule has 0 spiro atoms. The van der Waals surface area contributed by atoms with Crippen LogP contribution < -0.4 is 0 Å². The Morgan fingerprint density at radius 1 is 1.32 bits per heavy atom. The van der Waals surface area contributed by atoms with E-state index in [0.29, 0.717) is 22.8 Å². The lowest BCUT2D eigenvalue weighted by molar-refractivity contribution is 0.101. The van der Waals surface area contributed by atoms with Crippen molar-refractivity contribution in [3.8, 4) is 0 Å². The summed E-state index contributed by atoms with van der Waals surface area (Å²) in [5.74, 6) is 0.0515. The molecule has 2 heterocycles. The Kier molecular flexibility index (Phi) is 5.24. The molecule has 22 heavy (non-hydrogen) atoms. The quantitative estimate of drug-likeness (QED) is 0.596. The highest BCUT2D eigenvalue weighted by Gasteiger charge is 2.17. The summed E-state index contributed by atoms with van der Waals surface area (Å²) in [4.78, 5) is 18.4. The molecule has 0 bridgehead atoms. The number of carbonyl (C=O) groups is 1. The minimum atomic E-state index is 0.0515. The van der Waals surface area contributed by atoms with Gasteiger partial charge in [0.25, 0.3) is 0 Å². The van der Waals surface area contributed by atoms with Gasteiger partial charge in [-0.1, -0.05) is 11.6 Å². The largest absolute Gasteiger partial charge is 0.343 e. The monoisotopic (exact) mass is 321 g/mol. The Morgan fingerprint density at radius 3 is 2.50 bits per heavy atom. The van der Waals surface area contributed by atoms with Crippen molar-refractivity contribution in [3.63, 3.8) is 0 Å². The van der Waals surface area contributed by atoms with E-state index in [-0.39, 0.29) is 5.78 Å². The normalized spacial score (nSPS) is 12.0. The van der Waals surface area contributed by atoms with Crippen molar-refractivity contribution >= 4 is 28.3 Å². The number of carbonyl (C=O) groups excluding carboxylic acids is 1. The van der Waals surface area contributed by atoms with Gasteiger partial charge in [0, 0.05) is 48.5 Å². The molecule has 0 radical (unpaired) electrons. The van der Waals surface area contributed by atoms with E-state index in [1.54, 1.807) is 13.1 Å². The van der Waals surface area contributed by atoms with Crippen LogP contribution in [-0.2, 0) is 6.54 Å². The lowest BCUT2D eigenvalue weighted by atomic mass is 10.1. The number of hydrogen-bond donors (Lipinski definition) is 0. The van der Waals surface area contributed by atoms with E-state index in [4.69, 9.17) is 11.6 Å². The van der Waals surface area contributed by atoms with Crippen molar-refractivity contribution in [3.05, 3.63) is 29.2 Å². The molecule has 0 N–H and O–H groups in total. The van der Waals surface area contributed by atoms with Crippen molar-refractivity contribution in [2.75, 3.05) is 6.54 Å². The molecule has 120 valence electrons. The van der Waals surface area contributed by atoms with Crippen LogP contribution >= 0.6 is 11.6 Å². The van der Waals surface area contributed by atoms with Gasteiger partial charge in [-0.3, -0.25) is 9.69 Å². The highest BCUT2D eigenvalue weighted by atomic mass is 35.5. The van der Waals surface area contributed by atoms with Crippen molar-refractivity contribution < 1.29 is 4.79 Å². The van der Waals surface area contributed by atoms with Crippen molar-refractivity contribution in [1.82, 2.24) is 14.5 Å². The number of Topliss-reactive ketones (excluding diaryl/α,β-unsaturated/α-hetero) is 1. The van der Waals surface area contributed by atoms with E-state index in [9.17, 15) is 4.79 Å². The van der Waals surface area contributed by atoms with Gasteiger partial charge < -0.3 is 4.57 Å². The molecule has 0 fully saturated rings. The van der Waals surface area contributed by atoms with Crippen molar-refractivity contribution in [2.45, 2.75) is 53.2 Å². The number of hydrogen-bond acceptors (Lipinski definition) is 3. The maximum Gasteiger partial charge on any atom is 0.161 e. The Morgan fingerprint density at radius 2 is 1.95 bits per heavy atom. The first-order valence-corrected chi connectivity index (χ1v) is 8.10. The molecule has 2 aromatic rings. The molecule has 2 rings (SSSR count). The Balaban J connectivity index is 2.37. The highest BCUT2D eigenvalue weighted by Crippen LogP contribution is 2.27. The predicted octanol–water partition coefficient (Wildman–Crippen LogP) is 4.01. The van der Waals surface area contributed by atoms with Crippen LogP contribution in [0.4, 0.5) is 0 Å². The van der Waals surface area contributed by atoms with Crippen molar-refractivity contribution in [1.29, 1.82) is 0 Å². The summed E-state index contributed by atoms with van der Waals surface area (Å²) in [6.07, 6.45) is 3.55. The van der Waals surface area contributed by atoms with Gasteiger partial charge in [0.15, 0.2) is 10.9 Å². The molecular weight excluding hydrogens is 298 g/mol. The molecule has 5 heteroatoms. The maximum absolute atomic E-state index is 11.9. The van der Waals surface area contributed by atoms with Crippen LogP contribution in [0.2, 0.25) is 5.15 Å². The van der Waals surface area contributed by atoms with Crippen LogP contribution in [0, 0.1) is 0 Å². The molecule has 4 nitrogen and oxygen atoms in total. The summed E-state index contributed by atoms with van der Waals surface area (Å²) in [5.41, 5.74) is 1.56. The van der Waals surface area contributed by atoms with Gasteiger partial charge >= 0.3 is 0 Å². The molecule has 0 saturated carbocycles. The highest BCUT2D eigenvalue weighted by molar-refractivity contribution is 6.34. The molecular formula is C17H24ClN3O. The van der Waals surface area contributed by atoms with Gasteiger partial charge in [0.1, 0.15) is 0 Å². The molecule has 0 amide bonds. The Bertz CT molecular complexity index is 668. The zero-order valence-corrected chi connectivity index (χ0v) is 14.7. The number of pyridine rings is 1. The smallest absolute Gasteiger partial charge is 0.161 e. The first-order valence-electron chi connectivity index (χ1n) is 7.73. The fourth-order valence-corrected chi connectivity index (χ4v) is 3.27. The molecule has 0 aliphatic rings. The second-order valence-electron chi connectivity index (χ2n) is 6.22. The van der Waals surface area contributed by atoms with E-state index >= 15 is 0 Å². The lowest BCUT2D eigenvalue weighted by Crippen LogP contribution is -2.39. The first-order chi connectivity index (χ1) is 10.3. The predicted molar refractivity (Wildman–Crippen MR) is 91.7 cm³/mol. The van der Waals surface area contributed by atoms with Gasteiger partial charge in [0.2, 0.25) is 0 Å². The third kappa shape index (κ3) is 3.33. The van der Waals surface area contributed by atoms with Crippen LogP contribution in [0.1, 0.15) is 45.0 Å². The molecule has 0 unspecified atom stereocenters. The lowest BCUT2D eigenvalue weighted by Gasteiger charge is -2.30. The van der Waals surface area contributed by atoms with Crippen LogP contribution in [-0.4, -0.2) is 38.9 Å². The van der Waals surface area contributed by atoms with Gasteiger partial charge in [-0.2, -0.15) is 0 Å². The van der Waals surface area contributed by atoms with E-state index in [0.717, 1.165) is 24.0 Å². The molecule has 2 aromatic heterocycles. The number of halogens is 1. The molecule has 0 saturated heterocycles. The van der Waals surface area contributed by atoms with Crippen molar-refractivity contribution in [2.24, 2.45) is 0 Å². The molecule has 0 aliphatic heterocycles. The van der Waals surface area contributed by atoms with Gasteiger partial charge in [0.05, 0.1) is 5.52 Å². The van der Waals surface area contributed by atoms with Gasteiger partial charge in [-0.15, -0.1) is 0 Å². The minimum Gasteiger partial charge on any atom is -0.343 e. The summed E-state index contributed by atoms with van der Waals surface area (Å²) in [6, 6.07) is 2.81. The molecule has 0 aromatic carbocycles. The average Bonchev–Trinajstić information content (AvgIpc) is 2.78. The zero-order valence-electron chi connectivity index (χ0n) is 13.9. The summed E-state index contributed by atoms with van der Waals surface area (Å²) < 4.78 is 2.05. The van der Waals surface area contributed by atoms with Crippen LogP contribution in [0.3, 0.4) is 0 Å². The number of aromatic nitrogens is 2. The van der Waals surface area contributed by atoms with Crippen LogP contribution in [0.15, 0.2) is 18.5 Å². The van der Waals surface area contributed by atoms with Crippen LogP contribution in [0.5, 0.6) is 0 Å². The van der Waals surface area contributed by atoms with E-state index in [1.807, 2.05) is 12.3 Å². The number of rotatable bonds is 6. The fraction of sp³-hybridized carbons (Fsp3) is 0.529. The first kappa shape index (κ1) is 17.0. The summed E-state index contributed by atoms with van der Waals surface area (Å²) in [5, 5.41) is 1.33. The Hall–Kier alpha value is -1.39. The maximum atomic E-state index is 11.9. The molecule has 0 atom stereocenters. The standard InChI is InChI=1S/C17H24ClN3O/c1-11(2)21(12(3)4)9-8-20-10-15(13(5)22)14-6-7-19-17(18)16(14)20/h6-7,10-12H,8-9H2,1-5H3. The average molecular weight is 322 g/mol. The number of nitrogens with zero attached hydrogens (tertiary/aromatic N) is 3. The minimum absolute atomic E-state index is 0.0515. The van der Waals surface area contributed by atoms with Gasteiger partial charge in [-0.25, -0.2) is 4.98 Å². The number of ketones is 1. The number of fused-ring (bicyclic) bond motifs is 1. The summed E-state index contributed by atoms with van der Waals surface area (Å²) in [7, 11) is 0. The molecule has 0 aliphatic carbocycles. The van der Waals surface area contributed by atoms with E-state index in [1.165, 1.54) is 0 Å². The SMILES string of the molecule is CC(=O)c1cn(CCN(C(C)C)C(C)C)c2c(Cl)nccc12. The Labute approximate surface area is 137 Å². The second kappa shape index (κ2) is 6.80. The fourth-order valence-electron chi connectivity index (χ4n) is 3.00. The third-order valence-corrected chi connectivity index (χ3v) is 4.32. The van der Waals surface area contributed by atoms with E-state index in [2.05, 4.69) is 42.1 Å². The van der Waals surface area contributed by atoms with Crippen LogP contribution in [0.25, 0.3) is 10.9 Å². The second-order valence-corrected chi connectivity index (χ2v) is 6.57. The topological polar surface area (TPSA) is 38.1 Å². The summed E-state index contributed by atoms with van der Waals surface area (Å²) in [6.45, 7) is 12.1. The van der Waals surface area contributed by atoms with Gasteiger partial charge in [-0.05, 0) is 40.7 Å². The van der Waals surface area contributed by atoms with E-state index < -0.39 is 0 Å². The summed E-state index contributed by atoms with van der Waals surface area (Å²) >= 11 is 6.26.